The Morgan fingerprint density at radius 1 is 1.08 bits per heavy atom. The van der Waals surface area contributed by atoms with Gasteiger partial charge < -0.3 is 14.3 Å². The number of benzene rings is 2. The molecule has 0 aliphatic carbocycles. The lowest BCUT2D eigenvalue weighted by molar-refractivity contribution is 0.0435. The van der Waals surface area contributed by atoms with Crippen LogP contribution in [0.5, 0.6) is 5.75 Å². The summed E-state index contributed by atoms with van der Waals surface area (Å²) in [6.07, 6.45) is 0. The molecule has 24 heavy (non-hydrogen) atoms. The summed E-state index contributed by atoms with van der Waals surface area (Å²) < 4.78 is 12.2. The molecule has 8 heteroatoms. The molecule has 1 heterocycles. The van der Waals surface area contributed by atoms with Gasteiger partial charge in [0.1, 0.15) is 11.3 Å². The van der Waals surface area contributed by atoms with Gasteiger partial charge in [0.2, 0.25) is 5.89 Å². The van der Waals surface area contributed by atoms with Gasteiger partial charge in [-0.3, -0.25) is 0 Å². The third kappa shape index (κ3) is 3.82. The van der Waals surface area contributed by atoms with Crippen molar-refractivity contribution in [3.8, 4) is 17.2 Å². The number of nitrogens with zero attached hydrogens (tertiary/aromatic N) is 2. The molecule has 0 saturated carbocycles. The molecule has 0 spiro atoms. The highest BCUT2D eigenvalue weighted by atomic mass is 79.9. The number of esters is 1. The average molecular weight is 454 g/mol. The van der Waals surface area contributed by atoms with E-state index >= 15 is 0 Å². The van der Waals surface area contributed by atoms with E-state index < -0.39 is 5.97 Å². The molecule has 0 aliphatic rings. The number of hydrogen-bond acceptors (Lipinski definition) is 6. The highest BCUT2D eigenvalue weighted by Crippen LogP contribution is 2.24. The second-order valence-corrected chi connectivity index (χ2v) is 6.58. The van der Waals surface area contributed by atoms with Gasteiger partial charge in [-0.1, -0.05) is 31.9 Å². The number of halogens is 2. The summed E-state index contributed by atoms with van der Waals surface area (Å²) in [6.45, 7) is -0.186. The molecular weight excluding hydrogens is 444 g/mol. The molecule has 1 aromatic heterocycles. The van der Waals surface area contributed by atoms with E-state index in [1.165, 1.54) is 12.1 Å². The van der Waals surface area contributed by atoms with Crippen molar-refractivity contribution in [2.24, 2.45) is 0 Å². The van der Waals surface area contributed by atoms with Crippen LogP contribution in [0.25, 0.3) is 11.5 Å². The maximum atomic E-state index is 12.0. The highest BCUT2D eigenvalue weighted by Gasteiger charge is 2.15. The lowest BCUT2D eigenvalue weighted by Crippen LogP contribution is -2.05. The maximum Gasteiger partial charge on any atom is 0.342 e. The fourth-order valence-electron chi connectivity index (χ4n) is 1.90. The molecular formula is C16H10Br2N2O4. The molecule has 0 saturated heterocycles. The Hall–Kier alpha value is -2.19. The van der Waals surface area contributed by atoms with Gasteiger partial charge in [0, 0.05) is 14.5 Å². The summed E-state index contributed by atoms with van der Waals surface area (Å²) in [5.74, 6) is -0.351. The summed E-state index contributed by atoms with van der Waals surface area (Å²) in [4.78, 5) is 12.0. The molecule has 3 rings (SSSR count). The zero-order valence-electron chi connectivity index (χ0n) is 12.1. The minimum Gasteiger partial charge on any atom is -0.507 e. The quantitative estimate of drug-likeness (QED) is 0.592. The van der Waals surface area contributed by atoms with Crippen LogP contribution in [0.1, 0.15) is 16.2 Å². The number of aromatic nitrogens is 2. The van der Waals surface area contributed by atoms with Crippen molar-refractivity contribution in [3.63, 3.8) is 0 Å². The number of aromatic hydroxyl groups is 1. The van der Waals surface area contributed by atoms with Crippen molar-refractivity contribution in [1.29, 1.82) is 0 Å². The smallest absolute Gasteiger partial charge is 0.342 e. The van der Waals surface area contributed by atoms with Gasteiger partial charge in [-0.25, -0.2) is 4.79 Å². The van der Waals surface area contributed by atoms with Crippen molar-refractivity contribution < 1.29 is 19.1 Å². The van der Waals surface area contributed by atoms with Crippen LogP contribution in [0.3, 0.4) is 0 Å². The summed E-state index contributed by atoms with van der Waals surface area (Å²) >= 11 is 6.58. The van der Waals surface area contributed by atoms with Crippen LogP contribution in [0.15, 0.2) is 55.8 Å². The molecule has 0 aliphatic heterocycles. The van der Waals surface area contributed by atoms with E-state index in [-0.39, 0.29) is 23.8 Å². The van der Waals surface area contributed by atoms with E-state index in [0.717, 1.165) is 10.0 Å². The van der Waals surface area contributed by atoms with E-state index in [1.54, 1.807) is 6.07 Å². The molecule has 0 fully saturated rings. The summed E-state index contributed by atoms with van der Waals surface area (Å²) in [6, 6.07) is 11.9. The van der Waals surface area contributed by atoms with Crippen molar-refractivity contribution in [2.45, 2.75) is 6.61 Å². The van der Waals surface area contributed by atoms with Gasteiger partial charge in [0.25, 0.3) is 5.89 Å². The SMILES string of the molecule is O=C(OCc1nnc(-c2ccc(Br)cc2)o1)c1cc(Br)ccc1O. The van der Waals surface area contributed by atoms with Gasteiger partial charge >= 0.3 is 5.97 Å². The predicted molar refractivity (Wildman–Crippen MR) is 92.4 cm³/mol. The van der Waals surface area contributed by atoms with Gasteiger partial charge in [-0.05, 0) is 42.5 Å². The monoisotopic (exact) mass is 452 g/mol. The van der Waals surface area contributed by atoms with E-state index in [9.17, 15) is 9.90 Å². The van der Waals surface area contributed by atoms with Crippen molar-refractivity contribution in [3.05, 3.63) is 62.9 Å². The molecule has 3 aromatic rings. The Kier molecular flexibility index (Phi) is 4.96. The van der Waals surface area contributed by atoms with Crippen molar-refractivity contribution in [2.75, 3.05) is 0 Å². The number of phenolic OH excluding ortho intramolecular Hbond substituents is 1. The Balaban J connectivity index is 1.68. The van der Waals surface area contributed by atoms with Crippen LogP contribution in [0.4, 0.5) is 0 Å². The van der Waals surface area contributed by atoms with Crippen LogP contribution >= 0.6 is 31.9 Å². The van der Waals surface area contributed by atoms with E-state index in [2.05, 4.69) is 42.1 Å². The minimum atomic E-state index is -0.683. The van der Waals surface area contributed by atoms with E-state index in [1.807, 2.05) is 24.3 Å². The number of ether oxygens (including phenoxy) is 1. The molecule has 0 radical (unpaired) electrons. The Morgan fingerprint density at radius 3 is 2.54 bits per heavy atom. The van der Waals surface area contributed by atoms with Crippen LogP contribution in [-0.2, 0) is 11.3 Å². The van der Waals surface area contributed by atoms with Gasteiger partial charge in [-0.2, -0.15) is 0 Å². The molecule has 2 aromatic carbocycles. The first-order valence-electron chi connectivity index (χ1n) is 6.77. The fraction of sp³-hybridized carbons (Fsp3) is 0.0625. The zero-order valence-corrected chi connectivity index (χ0v) is 15.2. The first kappa shape index (κ1) is 16.7. The van der Waals surface area contributed by atoms with Crippen LogP contribution in [-0.4, -0.2) is 21.3 Å². The van der Waals surface area contributed by atoms with Crippen molar-refractivity contribution in [1.82, 2.24) is 10.2 Å². The molecule has 122 valence electrons. The fourth-order valence-corrected chi connectivity index (χ4v) is 2.52. The second kappa shape index (κ2) is 7.14. The number of phenols is 1. The van der Waals surface area contributed by atoms with Crippen LogP contribution in [0, 0.1) is 0 Å². The first-order valence-corrected chi connectivity index (χ1v) is 8.35. The summed E-state index contributed by atoms with van der Waals surface area (Å²) in [5.41, 5.74) is 0.810. The second-order valence-electron chi connectivity index (χ2n) is 4.75. The Morgan fingerprint density at radius 2 is 1.79 bits per heavy atom. The largest absolute Gasteiger partial charge is 0.507 e. The van der Waals surface area contributed by atoms with Gasteiger partial charge in [0.15, 0.2) is 6.61 Å². The number of carbonyl (C=O) groups is 1. The van der Waals surface area contributed by atoms with Crippen molar-refractivity contribution >= 4 is 37.8 Å². The summed E-state index contributed by atoms with van der Waals surface area (Å²) in [7, 11) is 0. The standard InChI is InChI=1S/C16H10Br2N2O4/c17-10-3-1-9(2-4-10)15-20-19-14(24-15)8-23-16(22)12-7-11(18)5-6-13(12)21/h1-7,21H,8H2. The molecule has 0 bridgehead atoms. The van der Waals surface area contributed by atoms with Crippen LogP contribution in [0.2, 0.25) is 0 Å². The third-order valence-corrected chi connectivity index (χ3v) is 4.09. The van der Waals surface area contributed by atoms with Gasteiger partial charge in [-0.15, -0.1) is 10.2 Å². The van der Waals surface area contributed by atoms with E-state index in [4.69, 9.17) is 9.15 Å². The number of carbonyl (C=O) groups excluding carboxylic acids is 1. The lowest BCUT2D eigenvalue weighted by Gasteiger charge is -2.04. The number of rotatable bonds is 4. The Bertz CT molecular complexity index is 878. The Labute approximate surface area is 153 Å². The topological polar surface area (TPSA) is 85.5 Å². The number of hydrogen-bond donors (Lipinski definition) is 1. The first-order chi connectivity index (χ1) is 11.5. The van der Waals surface area contributed by atoms with E-state index in [0.29, 0.717) is 10.4 Å². The third-order valence-electron chi connectivity index (χ3n) is 3.06. The molecule has 0 atom stereocenters. The predicted octanol–water partition coefficient (Wildman–Crippen LogP) is 4.32. The normalized spacial score (nSPS) is 10.6. The zero-order chi connectivity index (χ0) is 17.1. The minimum absolute atomic E-state index is 0.0528. The molecule has 0 amide bonds. The van der Waals surface area contributed by atoms with Crippen LogP contribution < -0.4 is 0 Å². The summed E-state index contributed by atoms with van der Waals surface area (Å²) in [5, 5.41) is 17.5. The highest BCUT2D eigenvalue weighted by molar-refractivity contribution is 9.10. The molecule has 6 nitrogen and oxygen atoms in total. The maximum absolute atomic E-state index is 12.0. The lowest BCUT2D eigenvalue weighted by atomic mass is 10.2. The van der Waals surface area contributed by atoms with Gasteiger partial charge in [0.05, 0.1) is 0 Å². The average Bonchev–Trinajstić information content (AvgIpc) is 3.04. The molecule has 0 unspecified atom stereocenters. The molecule has 1 N–H and O–H groups in total.